The van der Waals surface area contributed by atoms with Gasteiger partial charge in [-0.25, -0.2) is 13.6 Å². The summed E-state index contributed by atoms with van der Waals surface area (Å²) < 4.78 is 27.8. The Balaban J connectivity index is 2.01. The summed E-state index contributed by atoms with van der Waals surface area (Å²) in [6, 6.07) is 8.13. The number of benzene rings is 1. The fraction of sp³-hybridized carbons (Fsp3) is 0.571. The van der Waals surface area contributed by atoms with Crippen LogP contribution in [0.1, 0.15) is 38.3 Å². The van der Waals surface area contributed by atoms with Gasteiger partial charge in [-0.05, 0) is 32.9 Å². The van der Waals surface area contributed by atoms with E-state index >= 15 is 0 Å². The molecule has 112 valence electrons. The summed E-state index contributed by atoms with van der Waals surface area (Å²) in [5.74, 6) is 0.904. The fourth-order valence-electron chi connectivity index (χ4n) is 2.53. The summed E-state index contributed by atoms with van der Waals surface area (Å²) in [5.41, 5.74) is 0.897. The minimum Gasteiger partial charge on any atom is -0.487 e. The standard InChI is InChI=1S/C14H22N2O3S/c1-14(2)10-12(16-8-5-9-20(15,17)18)11-6-3-4-7-13(11)19-14/h3-4,6-7,12,16H,5,8-10H2,1-2H3,(H2,15,17,18). The summed E-state index contributed by atoms with van der Waals surface area (Å²) in [6.07, 6.45) is 1.36. The zero-order valence-electron chi connectivity index (χ0n) is 11.9. The van der Waals surface area contributed by atoms with Crippen molar-refractivity contribution in [1.82, 2.24) is 5.32 Å². The molecule has 2 rings (SSSR count). The van der Waals surface area contributed by atoms with Crippen LogP contribution in [0.5, 0.6) is 5.75 Å². The van der Waals surface area contributed by atoms with Crippen LogP contribution in [0.15, 0.2) is 24.3 Å². The highest BCUT2D eigenvalue weighted by molar-refractivity contribution is 7.89. The maximum Gasteiger partial charge on any atom is 0.209 e. The maximum atomic E-state index is 10.9. The lowest BCUT2D eigenvalue weighted by molar-refractivity contribution is 0.0661. The van der Waals surface area contributed by atoms with Crippen LogP contribution >= 0.6 is 0 Å². The van der Waals surface area contributed by atoms with Crippen LogP contribution in [0.3, 0.4) is 0 Å². The van der Waals surface area contributed by atoms with E-state index in [-0.39, 0.29) is 17.4 Å². The Hall–Kier alpha value is -1.11. The lowest BCUT2D eigenvalue weighted by Crippen LogP contribution is -2.40. The molecule has 1 aliphatic heterocycles. The zero-order valence-corrected chi connectivity index (χ0v) is 12.7. The van der Waals surface area contributed by atoms with E-state index in [1.165, 1.54) is 0 Å². The predicted octanol–water partition coefficient (Wildman–Crippen LogP) is 1.56. The molecule has 1 heterocycles. The third-order valence-electron chi connectivity index (χ3n) is 3.37. The second-order valence-electron chi connectivity index (χ2n) is 5.83. The third kappa shape index (κ3) is 4.19. The zero-order chi connectivity index (χ0) is 14.8. The second-order valence-corrected chi connectivity index (χ2v) is 7.56. The van der Waals surface area contributed by atoms with E-state index in [0.717, 1.165) is 17.7 Å². The van der Waals surface area contributed by atoms with Crippen LogP contribution in [-0.4, -0.2) is 26.3 Å². The van der Waals surface area contributed by atoms with Gasteiger partial charge in [-0.15, -0.1) is 0 Å². The molecule has 0 amide bonds. The molecule has 1 aromatic carbocycles. The molecule has 0 saturated heterocycles. The molecule has 0 fully saturated rings. The molecule has 6 heteroatoms. The average molecular weight is 298 g/mol. The quantitative estimate of drug-likeness (QED) is 0.808. The summed E-state index contributed by atoms with van der Waals surface area (Å²) in [7, 11) is -3.38. The number of nitrogens with two attached hydrogens (primary N) is 1. The first-order chi connectivity index (χ1) is 9.27. The van der Waals surface area contributed by atoms with Gasteiger partial charge < -0.3 is 10.1 Å². The Morgan fingerprint density at radius 1 is 1.40 bits per heavy atom. The Bertz CT molecular complexity index is 570. The first kappa shape index (κ1) is 15.3. The first-order valence-corrected chi connectivity index (χ1v) is 8.50. The van der Waals surface area contributed by atoms with Gasteiger partial charge in [0, 0.05) is 18.0 Å². The molecule has 0 aliphatic carbocycles. The first-order valence-electron chi connectivity index (χ1n) is 6.79. The van der Waals surface area contributed by atoms with Crippen molar-refractivity contribution < 1.29 is 13.2 Å². The second kappa shape index (κ2) is 5.71. The van der Waals surface area contributed by atoms with Gasteiger partial charge in [0.15, 0.2) is 0 Å². The van der Waals surface area contributed by atoms with Gasteiger partial charge in [0.05, 0.1) is 5.75 Å². The topological polar surface area (TPSA) is 81.4 Å². The molecule has 0 bridgehead atoms. The van der Waals surface area contributed by atoms with E-state index in [4.69, 9.17) is 9.88 Å². The number of hydrogen-bond donors (Lipinski definition) is 2. The summed E-state index contributed by atoms with van der Waals surface area (Å²) in [5, 5.41) is 8.40. The fourth-order valence-corrected chi connectivity index (χ4v) is 3.08. The Morgan fingerprint density at radius 3 is 2.80 bits per heavy atom. The van der Waals surface area contributed by atoms with Gasteiger partial charge >= 0.3 is 0 Å². The van der Waals surface area contributed by atoms with Crippen molar-refractivity contribution in [3.63, 3.8) is 0 Å². The molecule has 1 atom stereocenters. The van der Waals surface area contributed by atoms with E-state index in [0.29, 0.717) is 13.0 Å². The number of para-hydroxylation sites is 1. The van der Waals surface area contributed by atoms with Crippen LogP contribution in [0.2, 0.25) is 0 Å². The smallest absolute Gasteiger partial charge is 0.209 e. The van der Waals surface area contributed by atoms with Gasteiger partial charge in [-0.1, -0.05) is 18.2 Å². The minimum atomic E-state index is -3.38. The number of nitrogens with one attached hydrogen (secondary N) is 1. The van der Waals surface area contributed by atoms with Gasteiger partial charge in [0.1, 0.15) is 11.4 Å². The Morgan fingerprint density at radius 2 is 2.10 bits per heavy atom. The van der Waals surface area contributed by atoms with Gasteiger partial charge in [0.2, 0.25) is 10.0 Å². The molecule has 0 spiro atoms. The molecule has 0 radical (unpaired) electrons. The molecular formula is C14H22N2O3S. The monoisotopic (exact) mass is 298 g/mol. The van der Waals surface area contributed by atoms with Crippen LogP contribution in [-0.2, 0) is 10.0 Å². The molecule has 1 aliphatic rings. The van der Waals surface area contributed by atoms with E-state index in [9.17, 15) is 8.42 Å². The number of primary sulfonamides is 1. The molecule has 1 unspecified atom stereocenters. The molecule has 0 saturated carbocycles. The number of sulfonamides is 1. The maximum absolute atomic E-state index is 10.9. The van der Waals surface area contributed by atoms with Crippen LogP contribution in [0.4, 0.5) is 0 Å². The van der Waals surface area contributed by atoms with Gasteiger partial charge in [0.25, 0.3) is 0 Å². The average Bonchev–Trinajstić information content (AvgIpc) is 2.32. The lowest BCUT2D eigenvalue weighted by Gasteiger charge is -2.38. The molecule has 20 heavy (non-hydrogen) atoms. The third-order valence-corrected chi connectivity index (χ3v) is 4.23. The predicted molar refractivity (Wildman–Crippen MR) is 79.1 cm³/mol. The minimum absolute atomic E-state index is 0.00819. The SMILES string of the molecule is CC1(C)CC(NCCCS(N)(=O)=O)c2ccccc2O1. The number of hydrogen-bond acceptors (Lipinski definition) is 4. The number of ether oxygens (including phenoxy) is 1. The molecule has 5 nitrogen and oxygen atoms in total. The van der Waals surface area contributed by atoms with Crippen molar-refractivity contribution in [3.8, 4) is 5.75 Å². The van der Waals surface area contributed by atoms with E-state index in [2.05, 4.69) is 19.2 Å². The highest BCUT2D eigenvalue weighted by Crippen LogP contribution is 2.39. The molecule has 0 aromatic heterocycles. The van der Waals surface area contributed by atoms with Crippen LogP contribution < -0.4 is 15.2 Å². The van der Waals surface area contributed by atoms with Crippen molar-refractivity contribution in [2.24, 2.45) is 5.14 Å². The summed E-state index contributed by atoms with van der Waals surface area (Å²) in [4.78, 5) is 0. The van der Waals surface area contributed by atoms with Crippen LogP contribution in [0.25, 0.3) is 0 Å². The summed E-state index contributed by atoms with van der Waals surface area (Å²) in [6.45, 7) is 4.73. The molecule has 1 aromatic rings. The van der Waals surface area contributed by atoms with Crippen molar-refractivity contribution >= 4 is 10.0 Å². The highest BCUT2D eigenvalue weighted by Gasteiger charge is 2.32. The summed E-state index contributed by atoms with van der Waals surface area (Å²) >= 11 is 0. The van der Waals surface area contributed by atoms with Gasteiger partial charge in [-0.2, -0.15) is 0 Å². The van der Waals surface area contributed by atoms with Crippen molar-refractivity contribution in [3.05, 3.63) is 29.8 Å². The largest absolute Gasteiger partial charge is 0.487 e. The van der Waals surface area contributed by atoms with Crippen molar-refractivity contribution in [2.75, 3.05) is 12.3 Å². The van der Waals surface area contributed by atoms with E-state index < -0.39 is 10.0 Å². The van der Waals surface area contributed by atoms with E-state index in [1.54, 1.807) is 0 Å². The van der Waals surface area contributed by atoms with Gasteiger partial charge in [-0.3, -0.25) is 0 Å². The lowest BCUT2D eigenvalue weighted by atomic mass is 9.89. The highest BCUT2D eigenvalue weighted by atomic mass is 32.2. The van der Waals surface area contributed by atoms with E-state index in [1.807, 2.05) is 24.3 Å². The van der Waals surface area contributed by atoms with Crippen molar-refractivity contribution in [2.45, 2.75) is 38.3 Å². The number of rotatable bonds is 5. The van der Waals surface area contributed by atoms with Crippen molar-refractivity contribution in [1.29, 1.82) is 0 Å². The Kier molecular flexibility index (Phi) is 4.36. The molecular weight excluding hydrogens is 276 g/mol. The van der Waals surface area contributed by atoms with Crippen LogP contribution in [0, 0.1) is 0 Å². The Labute approximate surface area is 120 Å². The normalized spacial score (nSPS) is 21.1. The molecule has 3 N–H and O–H groups in total. The number of fused-ring (bicyclic) bond motifs is 1.